The van der Waals surface area contributed by atoms with E-state index in [4.69, 9.17) is 23.2 Å². The van der Waals surface area contributed by atoms with Gasteiger partial charge in [-0.2, -0.15) is 0 Å². The van der Waals surface area contributed by atoms with Gasteiger partial charge in [0.25, 0.3) is 0 Å². The van der Waals surface area contributed by atoms with Gasteiger partial charge < -0.3 is 0 Å². The fraction of sp³-hybridized carbons (Fsp3) is 0.294. The summed E-state index contributed by atoms with van der Waals surface area (Å²) in [7, 11) is 0. The molecule has 0 aliphatic heterocycles. The first-order valence-corrected chi connectivity index (χ1v) is 7.30. The first kappa shape index (κ1) is 15.3. The molecule has 0 spiro atoms. The van der Waals surface area contributed by atoms with Crippen molar-refractivity contribution in [2.24, 2.45) is 0 Å². The van der Waals surface area contributed by atoms with E-state index in [9.17, 15) is 4.39 Å². The predicted octanol–water partition coefficient (Wildman–Crippen LogP) is 6.04. The molecule has 0 aliphatic carbocycles. The average molecular weight is 311 g/mol. The van der Waals surface area contributed by atoms with E-state index in [1.807, 2.05) is 27.7 Å². The molecule has 0 saturated carbocycles. The van der Waals surface area contributed by atoms with Gasteiger partial charge in [-0.15, -0.1) is 11.6 Å². The van der Waals surface area contributed by atoms with Crippen molar-refractivity contribution in [1.29, 1.82) is 0 Å². The summed E-state index contributed by atoms with van der Waals surface area (Å²) in [5.41, 5.74) is 6.02. The van der Waals surface area contributed by atoms with Gasteiger partial charge in [0.2, 0.25) is 0 Å². The fourth-order valence-electron chi connectivity index (χ4n) is 2.49. The molecular formula is C17H17Cl2F. The lowest BCUT2D eigenvalue weighted by molar-refractivity contribution is 0.612. The van der Waals surface area contributed by atoms with Crippen LogP contribution < -0.4 is 0 Å². The largest absolute Gasteiger partial charge is 0.207 e. The van der Waals surface area contributed by atoms with Gasteiger partial charge in [0.1, 0.15) is 5.82 Å². The summed E-state index contributed by atoms with van der Waals surface area (Å²) in [4.78, 5) is 0. The topological polar surface area (TPSA) is 0 Å². The Labute approximate surface area is 129 Å². The summed E-state index contributed by atoms with van der Waals surface area (Å²) in [6.07, 6.45) is 0. The lowest BCUT2D eigenvalue weighted by atomic mass is 9.90. The van der Waals surface area contributed by atoms with E-state index in [1.54, 1.807) is 12.1 Å². The van der Waals surface area contributed by atoms with Crippen LogP contribution >= 0.6 is 23.2 Å². The van der Waals surface area contributed by atoms with Crippen LogP contribution in [0.25, 0.3) is 0 Å². The van der Waals surface area contributed by atoms with Crippen molar-refractivity contribution in [3.63, 3.8) is 0 Å². The zero-order valence-electron chi connectivity index (χ0n) is 12.0. The third-order valence-corrected chi connectivity index (χ3v) is 4.60. The van der Waals surface area contributed by atoms with Gasteiger partial charge in [-0.05, 0) is 67.6 Å². The molecule has 3 heteroatoms. The molecule has 0 aliphatic rings. The zero-order valence-corrected chi connectivity index (χ0v) is 13.5. The Morgan fingerprint density at radius 3 is 2.00 bits per heavy atom. The average Bonchev–Trinajstić information content (AvgIpc) is 2.36. The lowest BCUT2D eigenvalue weighted by Crippen LogP contribution is -2.05. The normalized spacial score (nSPS) is 12.6. The van der Waals surface area contributed by atoms with Crippen LogP contribution in [0.3, 0.4) is 0 Å². The van der Waals surface area contributed by atoms with Crippen LogP contribution in [0.1, 0.15) is 38.8 Å². The Hall–Kier alpha value is -1.05. The summed E-state index contributed by atoms with van der Waals surface area (Å²) in [6, 6.07) is 6.77. The molecule has 2 aromatic carbocycles. The molecule has 0 amide bonds. The molecule has 106 valence electrons. The summed E-state index contributed by atoms with van der Waals surface area (Å²) < 4.78 is 14.1. The third kappa shape index (κ3) is 2.70. The minimum absolute atomic E-state index is 0.365. The molecule has 2 aromatic rings. The van der Waals surface area contributed by atoms with Crippen molar-refractivity contribution < 1.29 is 4.39 Å². The van der Waals surface area contributed by atoms with Gasteiger partial charge in [-0.3, -0.25) is 0 Å². The van der Waals surface area contributed by atoms with E-state index in [-0.39, 0.29) is 5.82 Å². The van der Waals surface area contributed by atoms with Gasteiger partial charge in [-0.1, -0.05) is 23.7 Å². The minimum atomic E-state index is -0.508. The highest BCUT2D eigenvalue weighted by atomic mass is 35.5. The first-order chi connectivity index (χ1) is 9.32. The number of hydrogen-bond donors (Lipinski definition) is 0. The SMILES string of the molecule is Cc1cc(C)c(C)c(C(Cl)c2ccc(Cl)cc2F)c1C. The molecule has 0 N–H and O–H groups in total. The van der Waals surface area contributed by atoms with Crippen molar-refractivity contribution in [1.82, 2.24) is 0 Å². The van der Waals surface area contributed by atoms with E-state index in [0.29, 0.717) is 10.6 Å². The van der Waals surface area contributed by atoms with Crippen molar-refractivity contribution in [2.75, 3.05) is 0 Å². The quantitative estimate of drug-likeness (QED) is 0.593. The monoisotopic (exact) mass is 310 g/mol. The molecule has 0 fully saturated rings. The smallest absolute Gasteiger partial charge is 0.129 e. The highest BCUT2D eigenvalue weighted by Crippen LogP contribution is 2.37. The first-order valence-electron chi connectivity index (χ1n) is 6.49. The Balaban J connectivity index is 2.62. The van der Waals surface area contributed by atoms with Crippen LogP contribution in [-0.4, -0.2) is 0 Å². The summed E-state index contributed by atoms with van der Waals surface area (Å²) in [6.45, 7) is 8.15. The summed E-state index contributed by atoms with van der Waals surface area (Å²) >= 11 is 12.4. The standard InChI is InChI=1S/C17H17Cl2F/c1-9-7-10(2)12(4)16(11(9)3)17(19)14-6-5-13(18)8-15(14)20/h5-8,17H,1-4H3. The van der Waals surface area contributed by atoms with E-state index in [2.05, 4.69) is 6.07 Å². The second-order valence-electron chi connectivity index (χ2n) is 5.20. The molecule has 2 rings (SSSR count). The molecule has 0 saturated heterocycles. The maximum atomic E-state index is 14.1. The van der Waals surface area contributed by atoms with Crippen molar-refractivity contribution >= 4 is 23.2 Å². The Morgan fingerprint density at radius 1 is 0.950 bits per heavy atom. The number of hydrogen-bond acceptors (Lipinski definition) is 0. The lowest BCUT2D eigenvalue weighted by Gasteiger charge is -2.20. The minimum Gasteiger partial charge on any atom is -0.207 e. The molecular weight excluding hydrogens is 294 g/mol. The van der Waals surface area contributed by atoms with E-state index < -0.39 is 5.38 Å². The van der Waals surface area contributed by atoms with Gasteiger partial charge in [0, 0.05) is 10.6 Å². The van der Waals surface area contributed by atoms with Crippen molar-refractivity contribution in [3.05, 3.63) is 68.5 Å². The van der Waals surface area contributed by atoms with Gasteiger partial charge in [-0.25, -0.2) is 4.39 Å². The molecule has 20 heavy (non-hydrogen) atoms. The van der Waals surface area contributed by atoms with Crippen LogP contribution in [0, 0.1) is 33.5 Å². The van der Waals surface area contributed by atoms with Gasteiger partial charge >= 0.3 is 0 Å². The molecule has 0 heterocycles. The maximum Gasteiger partial charge on any atom is 0.129 e. The molecule has 0 bridgehead atoms. The molecule has 1 unspecified atom stereocenters. The predicted molar refractivity (Wildman–Crippen MR) is 84.5 cm³/mol. The van der Waals surface area contributed by atoms with E-state index >= 15 is 0 Å². The van der Waals surface area contributed by atoms with Crippen molar-refractivity contribution in [3.8, 4) is 0 Å². The Kier molecular flexibility index (Phi) is 4.41. The van der Waals surface area contributed by atoms with Crippen LogP contribution in [0.5, 0.6) is 0 Å². The Morgan fingerprint density at radius 2 is 1.50 bits per heavy atom. The molecule has 0 radical (unpaired) electrons. The second kappa shape index (κ2) is 5.75. The van der Waals surface area contributed by atoms with Crippen LogP contribution in [-0.2, 0) is 0 Å². The number of benzene rings is 2. The number of aryl methyl sites for hydroxylation is 2. The Bertz CT molecular complexity index is 636. The molecule has 0 nitrogen and oxygen atoms in total. The molecule has 1 atom stereocenters. The van der Waals surface area contributed by atoms with Crippen LogP contribution in [0.4, 0.5) is 4.39 Å². The van der Waals surface area contributed by atoms with E-state index in [0.717, 1.165) is 16.7 Å². The van der Waals surface area contributed by atoms with Crippen LogP contribution in [0.2, 0.25) is 5.02 Å². The van der Waals surface area contributed by atoms with E-state index in [1.165, 1.54) is 17.2 Å². The number of alkyl halides is 1. The highest BCUT2D eigenvalue weighted by molar-refractivity contribution is 6.30. The summed E-state index contributed by atoms with van der Waals surface area (Å²) in [5, 5.41) is -0.130. The highest BCUT2D eigenvalue weighted by Gasteiger charge is 2.21. The number of halogens is 3. The fourth-order valence-corrected chi connectivity index (χ4v) is 3.15. The third-order valence-electron chi connectivity index (χ3n) is 3.91. The zero-order chi connectivity index (χ0) is 15.0. The maximum absolute atomic E-state index is 14.1. The summed E-state index contributed by atoms with van der Waals surface area (Å²) in [5.74, 6) is -0.365. The van der Waals surface area contributed by atoms with Crippen LogP contribution in [0.15, 0.2) is 24.3 Å². The van der Waals surface area contributed by atoms with Gasteiger partial charge in [0.05, 0.1) is 5.38 Å². The van der Waals surface area contributed by atoms with Gasteiger partial charge in [0.15, 0.2) is 0 Å². The number of rotatable bonds is 2. The molecule has 0 aromatic heterocycles. The van der Waals surface area contributed by atoms with Crippen molar-refractivity contribution in [2.45, 2.75) is 33.1 Å². The second-order valence-corrected chi connectivity index (χ2v) is 6.08.